The summed E-state index contributed by atoms with van der Waals surface area (Å²) in [6.45, 7) is 6.66. The Balaban J connectivity index is 2.11. The van der Waals surface area contributed by atoms with Gasteiger partial charge in [-0.25, -0.2) is 4.98 Å². The maximum Gasteiger partial charge on any atom is 0.202 e. The van der Waals surface area contributed by atoms with Crippen LogP contribution < -0.4 is 5.73 Å². The highest BCUT2D eigenvalue weighted by atomic mass is 15.4. The molecule has 0 aromatic carbocycles. The number of fused-ring (bicyclic) bond motifs is 1. The monoisotopic (exact) mass is 261 g/mol. The molecular formula is C14H23N5. The van der Waals surface area contributed by atoms with E-state index in [9.17, 15) is 0 Å². The van der Waals surface area contributed by atoms with Gasteiger partial charge < -0.3 is 5.73 Å². The van der Waals surface area contributed by atoms with E-state index in [1.807, 2.05) is 18.7 Å². The summed E-state index contributed by atoms with van der Waals surface area (Å²) in [5.74, 6) is 2.09. The highest BCUT2D eigenvalue weighted by Crippen LogP contribution is 2.39. The number of nitrogen functional groups attached to an aromatic ring is 1. The number of aryl methyl sites for hydroxylation is 2. The van der Waals surface area contributed by atoms with Gasteiger partial charge in [0.05, 0.1) is 5.69 Å². The Hall–Kier alpha value is -1.52. The zero-order valence-corrected chi connectivity index (χ0v) is 12.2. The predicted molar refractivity (Wildman–Crippen MR) is 76.9 cm³/mol. The number of hydrogen-bond donors (Lipinski definition) is 1. The highest BCUT2D eigenvalue weighted by molar-refractivity contribution is 5.77. The first-order valence-corrected chi connectivity index (χ1v) is 7.16. The molecule has 2 aromatic heterocycles. The number of nitrogens with two attached hydrogens (primary N) is 1. The van der Waals surface area contributed by atoms with Crippen LogP contribution in [0, 0.1) is 18.8 Å². The summed E-state index contributed by atoms with van der Waals surface area (Å²) in [5.41, 5.74) is 9.15. The predicted octanol–water partition coefficient (Wildman–Crippen LogP) is 2.66. The van der Waals surface area contributed by atoms with E-state index in [0.29, 0.717) is 17.9 Å². The SMILES string of the molecule is Cc1nn(C)c2c1nc(N)n2C1CCC(C)CC1C. The van der Waals surface area contributed by atoms with E-state index in [4.69, 9.17) is 5.73 Å². The highest BCUT2D eigenvalue weighted by Gasteiger charge is 2.30. The molecule has 3 atom stereocenters. The number of rotatable bonds is 1. The molecular weight excluding hydrogens is 238 g/mol. The molecule has 5 nitrogen and oxygen atoms in total. The maximum atomic E-state index is 6.17. The van der Waals surface area contributed by atoms with Crippen molar-refractivity contribution in [3.05, 3.63) is 5.69 Å². The molecule has 2 heterocycles. The molecule has 0 saturated heterocycles. The third-order valence-corrected chi connectivity index (χ3v) is 4.58. The van der Waals surface area contributed by atoms with Gasteiger partial charge in [0, 0.05) is 13.1 Å². The van der Waals surface area contributed by atoms with Crippen LogP contribution >= 0.6 is 0 Å². The molecule has 0 aliphatic heterocycles. The van der Waals surface area contributed by atoms with Crippen LogP contribution in [0.4, 0.5) is 5.95 Å². The van der Waals surface area contributed by atoms with Crippen molar-refractivity contribution in [1.82, 2.24) is 19.3 Å². The third kappa shape index (κ3) is 1.83. The standard InChI is InChI=1S/C14H23N5/c1-8-5-6-11(9(2)7-8)19-13-12(16-14(19)15)10(3)17-18(13)4/h8-9,11H,5-7H2,1-4H3,(H2,15,16). The molecule has 0 amide bonds. The molecule has 5 heteroatoms. The number of imidazole rings is 1. The van der Waals surface area contributed by atoms with Crippen LogP contribution in [0.2, 0.25) is 0 Å². The largest absolute Gasteiger partial charge is 0.369 e. The first-order valence-electron chi connectivity index (χ1n) is 7.16. The Kier molecular flexibility index (Phi) is 2.80. The van der Waals surface area contributed by atoms with Gasteiger partial charge in [0.1, 0.15) is 5.52 Å². The molecule has 3 rings (SSSR count). The van der Waals surface area contributed by atoms with Crippen molar-refractivity contribution in [3.63, 3.8) is 0 Å². The van der Waals surface area contributed by atoms with Gasteiger partial charge in [-0.3, -0.25) is 9.25 Å². The molecule has 19 heavy (non-hydrogen) atoms. The lowest BCUT2D eigenvalue weighted by Crippen LogP contribution is -2.26. The van der Waals surface area contributed by atoms with Gasteiger partial charge in [0.2, 0.25) is 5.95 Å². The van der Waals surface area contributed by atoms with Crippen molar-refractivity contribution in [3.8, 4) is 0 Å². The second-order valence-electron chi connectivity index (χ2n) is 6.18. The maximum absolute atomic E-state index is 6.17. The molecule has 0 spiro atoms. The minimum atomic E-state index is 0.455. The van der Waals surface area contributed by atoms with Gasteiger partial charge in [-0.15, -0.1) is 0 Å². The van der Waals surface area contributed by atoms with E-state index in [0.717, 1.165) is 22.8 Å². The topological polar surface area (TPSA) is 61.7 Å². The first kappa shape index (κ1) is 12.5. The van der Waals surface area contributed by atoms with Crippen LogP contribution in [0.3, 0.4) is 0 Å². The molecule has 104 valence electrons. The molecule has 2 aromatic rings. The molecule has 1 aliphatic rings. The Morgan fingerprint density at radius 2 is 2.00 bits per heavy atom. The summed E-state index contributed by atoms with van der Waals surface area (Å²) < 4.78 is 4.13. The minimum absolute atomic E-state index is 0.455. The van der Waals surface area contributed by atoms with Gasteiger partial charge in [-0.2, -0.15) is 5.10 Å². The van der Waals surface area contributed by atoms with E-state index in [1.54, 1.807) is 0 Å². The summed E-state index contributed by atoms with van der Waals surface area (Å²) in [4.78, 5) is 4.52. The molecule has 1 saturated carbocycles. The van der Waals surface area contributed by atoms with Crippen molar-refractivity contribution in [2.75, 3.05) is 5.73 Å². The number of anilines is 1. The lowest BCUT2D eigenvalue weighted by atomic mass is 9.80. The van der Waals surface area contributed by atoms with Crippen LogP contribution in [0.15, 0.2) is 0 Å². The lowest BCUT2D eigenvalue weighted by molar-refractivity contribution is 0.212. The molecule has 3 unspecified atom stereocenters. The van der Waals surface area contributed by atoms with Crippen LogP contribution in [0.1, 0.15) is 44.8 Å². The van der Waals surface area contributed by atoms with E-state index < -0.39 is 0 Å². The fraction of sp³-hybridized carbons (Fsp3) is 0.714. The summed E-state index contributed by atoms with van der Waals surface area (Å²) >= 11 is 0. The van der Waals surface area contributed by atoms with Gasteiger partial charge in [-0.1, -0.05) is 13.8 Å². The van der Waals surface area contributed by atoms with Crippen molar-refractivity contribution in [1.29, 1.82) is 0 Å². The quantitative estimate of drug-likeness (QED) is 0.858. The smallest absolute Gasteiger partial charge is 0.202 e. The summed E-state index contributed by atoms with van der Waals surface area (Å²) in [6.07, 6.45) is 3.72. The van der Waals surface area contributed by atoms with Crippen molar-refractivity contribution in [2.45, 2.75) is 46.1 Å². The number of nitrogens with zero attached hydrogens (tertiary/aromatic N) is 4. The van der Waals surface area contributed by atoms with Crippen molar-refractivity contribution in [2.24, 2.45) is 18.9 Å². The normalized spacial score (nSPS) is 28.1. The van der Waals surface area contributed by atoms with E-state index in [2.05, 4.69) is 28.5 Å². The van der Waals surface area contributed by atoms with Gasteiger partial charge >= 0.3 is 0 Å². The number of aromatic nitrogens is 4. The summed E-state index contributed by atoms with van der Waals surface area (Å²) in [6, 6.07) is 0.455. The Bertz CT molecular complexity index is 609. The van der Waals surface area contributed by atoms with E-state index >= 15 is 0 Å². The zero-order chi connectivity index (χ0) is 13.7. The average molecular weight is 261 g/mol. The van der Waals surface area contributed by atoms with E-state index in [-0.39, 0.29) is 0 Å². The van der Waals surface area contributed by atoms with Crippen molar-refractivity contribution >= 4 is 17.1 Å². The Morgan fingerprint density at radius 1 is 1.26 bits per heavy atom. The Morgan fingerprint density at radius 3 is 2.68 bits per heavy atom. The van der Waals surface area contributed by atoms with Crippen LogP contribution in [-0.4, -0.2) is 19.3 Å². The lowest BCUT2D eigenvalue weighted by Gasteiger charge is -2.34. The van der Waals surface area contributed by atoms with Gasteiger partial charge in [0.15, 0.2) is 5.65 Å². The van der Waals surface area contributed by atoms with Crippen LogP contribution in [-0.2, 0) is 7.05 Å². The fourth-order valence-electron chi connectivity index (χ4n) is 3.67. The molecule has 1 fully saturated rings. The van der Waals surface area contributed by atoms with Gasteiger partial charge in [0.25, 0.3) is 0 Å². The van der Waals surface area contributed by atoms with Crippen molar-refractivity contribution < 1.29 is 0 Å². The molecule has 0 radical (unpaired) electrons. The van der Waals surface area contributed by atoms with Gasteiger partial charge in [-0.05, 0) is 38.0 Å². The number of hydrogen-bond acceptors (Lipinski definition) is 3. The molecule has 2 N–H and O–H groups in total. The van der Waals surface area contributed by atoms with Crippen LogP contribution in [0.25, 0.3) is 11.2 Å². The second-order valence-corrected chi connectivity index (χ2v) is 6.18. The summed E-state index contributed by atoms with van der Waals surface area (Å²) in [5, 5.41) is 4.46. The first-order chi connectivity index (χ1) is 8.99. The zero-order valence-electron chi connectivity index (χ0n) is 12.2. The molecule has 0 bridgehead atoms. The van der Waals surface area contributed by atoms with Crippen LogP contribution in [0.5, 0.6) is 0 Å². The molecule has 1 aliphatic carbocycles. The second kappa shape index (κ2) is 4.25. The Labute approximate surface area is 113 Å². The summed E-state index contributed by atoms with van der Waals surface area (Å²) in [7, 11) is 1.98. The van der Waals surface area contributed by atoms with E-state index in [1.165, 1.54) is 19.3 Å². The fourth-order valence-corrected chi connectivity index (χ4v) is 3.67. The average Bonchev–Trinajstić information content (AvgIpc) is 2.79. The third-order valence-electron chi connectivity index (χ3n) is 4.58. The minimum Gasteiger partial charge on any atom is -0.369 e.